The maximum Gasteiger partial charge on any atom is 0.339 e. The molecule has 0 bridgehead atoms. The summed E-state index contributed by atoms with van der Waals surface area (Å²) in [4.78, 5) is 39.7. The maximum atomic E-state index is 14.4. The van der Waals surface area contributed by atoms with Gasteiger partial charge in [-0.05, 0) is 43.1 Å². The fraction of sp³-hybridized carbons (Fsp3) is 0.750. The largest absolute Gasteiger partial charge is 0.472 e. The number of hydrogen-bond acceptors (Lipinski definition) is 8. The first kappa shape index (κ1) is 24.2. The smallest absolute Gasteiger partial charge is 0.339 e. The van der Waals surface area contributed by atoms with Crippen molar-refractivity contribution in [2.45, 2.75) is 97.2 Å². The van der Waals surface area contributed by atoms with Crippen LogP contribution in [0.4, 0.5) is 0 Å². The molecule has 1 N–H and O–H groups in total. The molecule has 5 fully saturated rings. The normalized spacial score (nSPS) is 50.6. The van der Waals surface area contributed by atoms with Gasteiger partial charge in [0.25, 0.3) is 0 Å². The van der Waals surface area contributed by atoms with E-state index in [4.69, 9.17) is 18.6 Å². The first-order chi connectivity index (χ1) is 16.8. The number of rotatable bonds is 2. The fourth-order valence-corrected chi connectivity index (χ4v) is 9.54. The second-order valence-corrected chi connectivity index (χ2v) is 13.0. The van der Waals surface area contributed by atoms with E-state index < -0.39 is 63.6 Å². The van der Waals surface area contributed by atoms with Crippen LogP contribution in [0.15, 0.2) is 23.0 Å². The van der Waals surface area contributed by atoms with Crippen molar-refractivity contribution in [1.29, 1.82) is 0 Å². The zero-order chi connectivity index (χ0) is 26.1. The lowest BCUT2D eigenvalue weighted by Crippen LogP contribution is -2.74. The summed E-state index contributed by atoms with van der Waals surface area (Å²) >= 11 is 0. The summed E-state index contributed by atoms with van der Waals surface area (Å²) in [6.07, 6.45) is 2.39. The summed E-state index contributed by atoms with van der Waals surface area (Å²) < 4.78 is 23.6. The van der Waals surface area contributed by atoms with Crippen molar-refractivity contribution in [3.05, 3.63) is 24.2 Å². The number of fused-ring (bicyclic) bond motifs is 3. The second kappa shape index (κ2) is 7.01. The number of ketones is 1. The SMILES string of the molecule is CC(=O)O[C@H]1C[C@@H](O)C(C)(C)C2CC(=O)[C@]3(C)C(CC[C@@]4(C)[C@H](c5ccoc5)OC(=O)[C@H]5O[C@]543)[C@]21C. The maximum absolute atomic E-state index is 14.4. The molecule has 2 saturated heterocycles. The van der Waals surface area contributed by atoms with Crippen molar-refractivity contribution < 1.29 is 38.1 Å². The number of cyclic esters (lactones) is 1. The van der Waals surface area contributed by atoms with Crippen molar-refractivity contribution in [3.8, 4) is 0 Å². The number of aliphatic hydroxyl groups is 1. The molecule has 2 aliphatic heterocycles. The molecule has 6 rings (SSSR count). The highest BCUT2D eigenvalue weighted by Gasteiger charge is 2.88. The van der Waals surface area contributed by atoms with Crippen molar-refractivity contribution in [2.75, 3.05) is 0 Å². The summed E-state index contributed by atoms with van der Waals surface area (Å²) in [5.41, 5.74) is -3.03. The molecule has 1 spiro atoms. The Morgan fingerprint density at radius 3 is 2.47 bits per heavy atom. The minimum atomic E-state index is -1.02. The Balaban J connectivity index is 1.52. The van der Waals surface area contributed by atoms with Crippen molar-refractivity contribution in [3.63, 3.8) is 0 Å². The predicted octanol–water partition coefficient (Wildman–Crippen LogP) is 3.76. The number of Topliss-reactive ketones (excluding diaryl/α,β-unsaturated/α-hetero) is 1. The highest BCUT2D eigenvalue weighted by Crippen LogP contribution is 2.79. The fourth-order valence-electron chi connectivity index (χ4n) is 9.54. The van der Waals surface area contributed by atoms with Gasteiger partial charge in [0.15, 0.2) is 6.10 Å². The van der Waals surface area contributed by atoms with Crippen LogP contribution in [0.5, 0.6) is 0 Å². The third kappa shape index (κ3) is 2.50. The van der Waals surface area contributed by atoms with Crippen molar-refractivity contribution >= 4 is 17.7 Å². The summed E-state index contributed by atoms with van der Waals surface area (Å²) in [5.74, 6) is -1.20. The van der Waals surface area contributed by atoms with E-state index in [0.29, 0.717) is 19.3 Å². The van der Waals surface area contributed by atoms with Crippen molar-refractivity contribution in [2.24, 2.45) is 33.5 Å². The Morgan fingerprint density at radius 2 is 1.83 bits per heavy atom. The third-order valence-electron chi connectivity index (χ3n) is 11.4. The minimum absolute atomic E-state index is 0.0489. The average molecular weight is 501 g/mol. The van der Waals surface area contributed by atoms with Gasteiger partial charge < -0.3 is 23.7 Å². The molecule has 3 aliphatic carbocycles. The lowest BCUT2D eigenvalue weighted by Gasteiger charge is -2.69. The van der Waals surface area contributed by atoms with Crippen LogP contribution in [-0.2, 0) is 28.6 Å². The molecule has 196 valence electrons. The Bertz CT molecular complexity index is 1140. The molecule has 0 radical (unpaired) electrons. The van der Waals surface area contributed by atoms with Gasteiger partial charge in [-0.3, -0.25) is 9.59 Å². The summed E-state index contributed by atoms with van der Waals surface area (Å²) in [6, 6.07) is 1.80. The van der Waals surface area contributed by atoms with Crippen LogP contribution in [0.25, 0.3) is 0 Å². The van der Waals surface area contributed by atoms with E-state index in [1.807, 2.05) is 20.8 Å². The molecule has 10 atom stereocenters. The van der Waals surface area contributed by atoms with Gasteiger partial charge in [-0.2, -0.15) is 0 Å². The molecule has 1 aromatic heterocycles. The molecule has 0 aromatic carbocycles. The molecule has 8 nitrogen and oxygen atoms in total. The van der Waals surface area contributed by atoms with Gasteiger partial charge in [-0.15, -0.1) is 0 Å². The van der Waals surface area contributed by atoms with E-state index in [1.54, 1.807) is 18.6 Å². The number of aliphatic hydroxyl groups excluding tert-OH is 1. The topological polar surface area (TPSA) is 116 Å². The Morgan fingerprint density at radius 1 is 1.11 bits per heavy atom. The molecular weight excluding hydrogens is 464 g/mol. The van der Waals surface area contributed by atoms with E-state index in [2.05, 4.69) is 13.8 Å². The lowest BCUT2D eigenvalue weighted by atomic mass is 9.34. The summed E-state index contributed by atoms with van der Waals surface area (Å²) in [6.45, 7) is 11.6. The zero-order valence-electron chi connectivity index (χ0n) is 21.8. The minimum Gasteiger partial charge on any atom is -0.472 e. The van der Waals surface area contributed by atoms with Crippen LogP contribution >= 0.6 is 0 Å². The zero-order valence-corrected chi connectivity index (χ0v) is 21.8. The molecule has 0 amide bonds. The molecule has 3 heterocycles. The lowest BCUT2D eigenvalue weighted by molar-refractivity contribution is -0.257. The highest BCUT2D eigenvalue weighted by atomic mass is 16.7. The molecule has 1 aromatic rings. The highest BCUT2D eigenvalue weighted by molar-refractivity contribution is 5.93. The number of carbonyl (C=O) groups excluding carboxylic acids is 3. The quantitative estimate of drug-likeness (QED) is 0.482. The Kier molecular flexibility index (Phi) is 4.71. The Hall–Kier alpha value is -2.19. The van der Waals surface area contributed by atoms with Crippen LogP contribution in [0, 0.1) is 33.5 Å². The number of ether oxygens (including phenoxy) is 3. The van der Waals surface area contributed by atoms with Crippen LogP contribution in [0.3, 0.4) is 0 Å². The number of esters is 2. The van der Waals surface area contributed by atoms with Crippen LogP contribution in [0.2, 0.25) is 0 Å². The summed E-state index contributed by atoms with van der Waals surface area (Å²) in [7, 11) is 0. The van der Waals surface area contributed by atoms with E-state index in [0.717, 1.165) is 5.56 Å². The van der Waals surface area contributed by atoms with Gasteiger partial charge in [0, 0.05) is 36.2 Å². The van der Waals surface area contributed by atoms with Gasteiger partial charge in [-0.25, -0.2) is 4.79 Å². The van der Waals surface area contributed by atoms with Crippen LogP contribution in [0.1, 0.15) is 78.9 Å². The first-order valence-corrected chi connectivity index (χ1v) is 13.0. The molecule has 3 saturated carbocycles. The molecule has 5 aliphatic rings. The predicted molar refractivity (Wildman–Crippen MR) is 125 cm³/mol. The van der Waals surface area contributed by atoms with Gasteiger partial charge in [0.05, 0.1) is 24.0 Å². The molecule has 8 heteroatoms. The number of carbonyl (C=O) groups is 3. The average Bonchev–Trinajstić information content (AvgIpc) is 3.37. The molecule has 2 unspecified atom stereocenters. The third-order valence-corrected chi connectivity index (χ3v) is 11.4. The van der Waals surface area contributed by atoms with Crippen molar-refractivity contribution in [1.82, 2.24) is 0 Å². The number of epoxide rings is 1. The van der Waals surface area contributed by atoms with E-state index in [-0.39, 0.29) is 24.0 Å². The van der Waals surface area contributed by atoms with E-state index >= 15 is 0 Å². The van der Waals surface area contributed by atoms with Gasteiger partial charge in [0.1, 0.15) is 23.6 Å². The summed E-state index contributed by atoms with van der Waals surface area (Å²) in [5, 5.41) is 11.1. The standard InChI is InChI=1S/C28H36O8/c1-14(29)34-20-12-18(30)24(2,3)17-11-19(31)27(6)16(26(17,20)5)7-9-25(4)21(15-8-10-33-13-15)35-23(32)22-28(25,27)36-22/h8,10,13,16-18,20-22,30H,7,9,11-12H2,1-6H3/t16?,17?,18-,20+,21+,22-,25+,26-,27+,28-/m1/s1. The van der Waals surface area contributed by atoms with Crippen LogP contribution in [-0.4, -0.2) is 46.7 Å². The number of hydrogen-bond donors (Lipinski definition) is 1. The Labute approximate surface area is 211 Å². The van der Waals surface area contributed by atoms with Crippen LogP contribution < -0.4 is 0 Å². The number of furan rings is 1. The van der Waals surface area contributed by atoms with Gasteiger partial charge >= 0.3 is 11.9 Å². The van der Waals surface area contributed by atoms with E-state index in [1.165, 1.54) is 6.92 Å². The first-order valence-electron chi connectivity index (χ1n) is 13.0. The van der Waals surface area contributed by atoms with Gasteiger partial charge in [0.2, 0.25) is 0 Å². The molecule has 36 heavy (non-hydrogen) atoms. The molecular formula is C28H36O8. The van der Waals surface area contributed by atoms with Gasteiger partial charge in [-0.1, -0.05) is 27.7 Å². The van der Waals surface area contributed by atoms with E-state index in [9.17, 15) is 19.5 Å². The monoisotopic (exact) mass is 500 g/mol. The second-order valence-electron chi connectivity index (χ2n) is 13.0.